The van der Waals surface area contributed by atoms with Crippen LogP contribution in [0, 0.1) is 0 Å². The summed E-state index contributed by atoms with van der Waals surface area (Å²) in [5, 5.41) is 10.6. The van der Waals surface area contributed by atoms with Gasteiger partial charge in [-0.2, -0.15) is 0 Å². The van der Waals surface area contributed by atoms with Gasteiger partial charge in [-0.25, -0.2) is 4.79 Å². The molecule has 178 valence electrons. The Morgan fingerprint density at radius 3 is 2.52 bits per heavy atom. The number of carboxylic acids is 1. The highest BCUT2D eigenvalue weighted by Crippen LogP contribution is 2.33. The molecular formula is C24H28Cl3N3O3. The Kier molecular flexibility index (Phi) is 9.71. The largest absolute Gasteiger partial charge is 0.488 e. The van der Waals surface area contributed by atoms with Crippen LogP contribution in [0.25, 0.3) is 6.08 Å². The number of nitrogens with zero attached hydrogens (tertiary/aromatic N) is 2. The van der Waals surface area contributed by atoms with Crippen LogP contribution in [-0.4, -0.2) is 61.9 Å². The maximum Gasteiger partial charge on any atom is 0.335 e. The third-order valence-electron chi connectivity index (χ3n) is 5.53. The molecule has 3 N–H and O–H groups in total. The third-order valence-corrected chi connectivity index (χ3v) is 6.58. The smallest absolute Gasteiger partial charge is 0.335 e. The number of carboxylic acid groups (broad SMARTS) is 1. The number of carbonyl (C=O) groups is 1. The molecule has 0 bridgehead atoms. The number of unbranched alkanes of at least 4 members (excludes halogenated alkanes) is 1. The molecule has 0 unspecified atom stereocenters. The van der Waals surface area contributed by atoms with E-state index in [1.807, 2.05) is 18.2 Å². The van der Waals surface area contributed by atoms with Gasteiger partial charge >= 0.3 is 5.97 Å². The van der Waals surface area contributed by atoms with E-state index < -0.39 is 5.97 Å². The molecule has 9 heteroatoms. The van der Waals surface area contributed by atoms with Gasteiger partial charge in [0, 0.05) is 36.8 Å². The van der Waals surface area contributed by atoms with Gasteiger partial charge in [0.1, 0.15) is 12.4 Å². The maximum atomic E-state index is 10.7. The summed E-state index contributed by atoms with van der Waals surface area (Å²) in [5.41, 5.74) is 7.52. The van der Waals surface area contributed by atoms with Gasteiger partial charge in [-0.05, 0) is 62.3 Å². The number of hydrogen-bond acceptors (Lipinski definition) is 5. The average molecular weight is 513 g/mol. The molecule has 2 aliphatic rings. The Morgan fingerprint density at radius 2 is 1.82 bits per heavy atom. The number of piperazine rings is 1. The van der Waals surface area contributed by atoms with Gasteiger partial charge in [-0.1, -0.05) is 40.9 Å². The van der Waals surface area contributed by atoms with E-state index in [-0.39, 0.29) is 12.2 Å². The van der Waals surface area contributed by atoms with Crippen molar-refractivity contribution in [2.45, 2.75) is 12.8 Å². The molecule has 0 radical (unpaired) electrons. The van der Waals surface area contributed by atoms with E-state index >= 15 is 0 Å². The number of halogens is 3. The predicted molar refractivity (Wildman–Crippen MR) is 136 cm³/mol. The zero-order valence-electron chi connectivity index (χ0n) is 18.3. The van der Waals surface area contributed by atoms with Crippen molar-refractivity contribution in [1.29, 1.82) is 0 Å². The highest BCUT2D eigenvalue weighted by Gasteiger charge is 2.19. The zero-order chi connectivity index (χ0) is 23.8. The minimum atomic E-state index is -0.962. The molecule has 2 aromatic carbocycles. The fourth-order valence-corrected chi connectivity index (χ4v) is 4.30. The number of benzene rings is 2. The van der Waals surface area contributed by atoms with E-state index in [2.05, 4.69) is 9.80 Å². The van der Waals surface area contributed by atoms with Crippen LogP contribution in [0.1, 0.15) is 18.4 Å². The first kappa shape index (κ1) is 25.7. The highest BCUT2D eigenvalue weighted by atomic mass is 35.5. The van der Waals surface area contributed by atoms with Gasteiger partial charge in [0.15, 0.2) is 0 Å². The van der Waals surface area contributed by atoms with E-state index in [1.165, 1.54) is 6.42 Å². The molecule has 4 rings (SSSR count). The van der Waals surface area contributed by atoms with Crippen LogP contribution in [-0.2, 0) is 4.79 Å². The van der Waals surface area contributed by atoms with Crippen LogP contribution in [0.2, 0.25) is 15.1 Å². The number of fused-ring (bicyclic) bond motifs is 1. The second-order valence-corrected chi connectivity index (χ2v) is 9.06. The average Bonchev–Trinajstić information content (AvgIpc) is 2.81. The number of ether oxygens (including phenoxy) is 1. The second kappa shape index (κ2) is 12.5. The van der Waals surface area contributed by atoms with Crippen molar-refractivity contribution < 1.29 is 14.6 Å². The van der Waals surface area contributed by atoms with Crippen LogP contribution in [0.3, 0.4) is 0 Å². The molecule has 0 aromatic heterocycles. The quantitative estimate of drug-likeness (QED) is 0.527. The maximum absolute atomic E-state index is 10.7. The zero-order valence-corrected chi connectivity index (χ0v) is 20.5. The van der Waals surface area contributed by atoms with Gasteiger partial charge in [-0.15, -0.1) is 0 Å². The van der Waals surface area contributed by atoms with Crippen molar-refractivity contribution in [3.63, 3.8) is 0 Å². The van der Waals surface area contributed by atoms with Crippen LogP contribution in [0.4, 0.5) is 5.69 Å². The number of hydrogen-bond donors (Lipinski definition) is 2. The van der Waals surface area contributed by atoms with Crippen LogP contribution in [0.15, 0.2) is 42.0 Å². The topological polar surface area (TPSA) is 79.0 Å². The summed E-state index contributed by atoms with van der Waals surface area (Å²) >= 11 is 18.1. The Morgan fingerprint density at radius 1 is 1.06 bits per heavy atom. The number of nitrogens with two attached hydrogens (primary N) is 1. The molecule has 0 saturated carbocycles. The molecule has 2 aromatic rings. The molecule has 0 atom stereocenters. The van der Waals surface area contributed by atoms with Gasteiger partial charge in [0.25, 0.3) is 0 Å². The molecule has 0 spiro atoms. The van der Waals surface area contributed by atoms with E-state index in [0.29, 0.717) is 26.4 Å². The summed E-state index contributed by atoms with van der Waals surface area (Å²) in [6.45, 7) is 6.20. The van der Waals surface area contributed by atoms with Crippen molar-refractivity contribution in [2.24, 2.45) is 5.73 Å². The van der Waals surface area contributed by atoms with Crippen LogP contribution >= 0.6 is 34.8 Å². The summed E-state index contributed by atoms with van der Waals surface area (Å²) in [6, 6.07) is 10.9. The predicted octanol–water partition coefficient (Wildman–Crippen LogP) is 5.05. The Balaban J connectivity index is 0.000000194. The van der Waals surface area contributed by atoms with Crippen molar-refractivity contribution in [2.75, 3.05) is 50.8 Å². The molecule has 1 fully saturated rings. The lowest BCUT2D eigenvalue weighted by atomic mass is 10.1. The van der Waals surface area contributed by atoms with Crippen LogP contribution < -0.4 is 15.4 Å². The summed E-state index contributed by atoms with van der Waals surface area (Å²) < 4.78 is 5.24. The molecule has 0 aliphatic carbocycles. The Labute approximate surface area is 209 Å². The van der Waals surface area contributed by atoms with E-state index in [1.54, 1.807) is 24.3 Å². The minimum absolute atomic E-state index is 0.101. The van der Waals surface area contributed by atoms with E-state index in [9.17, 15) is 4.79 Å². The van der Waals surface area contributed by atoms with Crippen molar-refractivity contribution >= 4 is 52.5 Å². The van der Waals surface area contributed by atoms with Crippen LogP contribution in [0.5, 0.6) is 5.75 Å². The van der Waals surface area contributed by atoms with Crippen molar-refractivity contribution in [3.8, 4) is 5.75 Å². The number of aliphatic carboxylic acids is 1. The Hall–Kier alpha value is -1.96. The fraction of sp³-hybridized carbons (Fsp3) is 0.375. The first-order valence-electron chi connectivity index (χ1n) is 10.9. The third kappa shape index (κ3) is 7.26. The van der Waals surface area contributed by atoms with Gasteiger partial charge < -0.3 is 20.5 Å². The number of anilines is 1. The second-order valence-electron chi connectivity index (χ2n) is 7.84. The van der Waals surface area contributed by atoms with Gasteiger partial charge in [-0.3, -0.25) is 4.90 Å². The van der Waals surface area contributed by atoms with Gasteiger partial charge in [0.05, 0.1) is 21.3 Å². The highest BCUT2D eigenvalue weighted by molar-refractivity contribution is 6.43. The van der Waals surface area contributed by atoms with Crippen molar-refractivity contribution in [1.82, 2.24) is 4.90 Å². The molecule has 33 heavy (non-hydrogen) atoms. The first-order chi connectivity index (χ1) is 15.9. The SMILES string of the molecule is NCCCCN1CCN(c2cccc(Cl)c2Cl)CC1.O=C(O)C1=Cc2cc(Cl)ccc2OC1. The minimum Gasteiger partial charge on any atom is -0.488 e. The lowest BCUT2D eigenvalue weighted by Crippen LogP contribution is -2.46. The standard InChI is InChI=1S/C14H21Cl2N3.C10H7ClO3/c15-12-4-3-5-13(14(12)16)19-10-8-18(9-11-19)7-2-1-6-17;11-8-1-2-9-6(4-8)3-7(5-14-9)10(12)13/h3-5H,1-2,6-11,17H2;1-4H,5H2,(H,12,13). The van der Waals surface area contributed by atoms with Crippen molar-refractivity contribution in [3.05, 3.63) is 62.6 Å². The summed E-state index contributed by atoms with van der Waals surface area (Å²) in [4.78, 5) is 15.5. The number of rotatable bonds is 6. The summed E-state index contributed by atoms with van der Waals surface area (Å²) in [7, 11) is 0. The molecule has 2 aliphatic heterocycles. The molecule has 1 saturated heterocycles. The molecular weight excluding hydrogens is 485 g/mol. The molecule has 6 nitrogen and oxygen atoms in total. The summed E-state index contributed by atoms with van der Waals surface area (Å²) in [5.74, 6) is -0.296. The Bertz CT molecular complexity index is 992. The first-order valence-corrected chi connectivity index (χ1v) is 12.0. The normalized spacial score (nSPS) is 15.6. The van der Waals surface area contributed by atoms with Gasteiger partial charge in [0.2, 0.25) is 0 Å². The lowest BCUT2D eigenvalue weighted by Gasteiger charge is -2.36. The van der Waals surface area contributed by atoms with E-state index in [0.717, 1.165) is 51.4 Å². The fourth-order valence-electron chi connectivity index (χ4n) is 3.70. The van der Waals surface area contributed by atoms with E-state index in [4.69, 9.17) is 50.4 Å². The molecule has 2 heterocycles. The summed E-state index contributed by atoms with van der Waals surface area (Å²) in [6.07, 6.45) is 3.88. The lowest BCUT2D eigenvalue weighted by molar-refractivity contribution is -0.132. The monoisotopic (exact) mass is 511 g/mol. The molecule has 0 amide bonds.